The molecule has 0 bridgehead atoms. The Kier molecular flexibility index (Phi) is 5.28. The van der Waals surface area contributed by atoms with Crippen molar-refractivity contribution >= 4 is 22.8 Å². The molecule has 0 amide bonds. The SMILES string of the molecule is COC(=O)c1cnc(N2CCC(CCc3cn(C)c4ccccc34)CC2)nc1. The van der Waals surface area contributed by atoms with Gasteiger partial charge in [0.2, 0.25) is 5.95 Å². The van der Waals surface area contributed by atoms with Crippen molar-refractivity contribution in [2.45, 2.75) is 25.7 Å². The molecule has 146 valence electrons. The number of hydrogen-bond acceptors (Lipinski definition) is 5. The molecule has 1 saturated heterocycles. The van der Waals surface area contributed by atoms with Gasteiger partial charge in [0, 0.05) is 49.6 Å². The molecule has 1 aliphatic heterocycles. The molecule has 2 aromatic heterocycles. The fraction of sp³-hybridized carbons (Fsp3) is 0.409. The fourth-order valence-electron chi connectivity index (χ4n) is 4.11. The number of hydrogen-bond donors (Lipinski definition) is 0. The molecule has 3 heterocycles. The van der Waals surface area contributed by atoms with Crippen molar-refractivity contribution in [1.29, 1.82) is 0 Å². The number of rotatable bonds is 5. The van der Waals surface area contributed by atoms with Crippen LogP contribution in [0.4, 0.5) is 5.95 Å². The predicted molar refractivity (Wildman–Crippen MR) is 110 cm³/mol. The first kappa shape index (κ1) is 18.5. The van der Waals surface area contributed by atoms with Crippen molar-refractivity contribution in [3.63, 3.8) is 0 Å². The summed E-state index contributed by atoms with van der Waals surface area (Å²) in [6.45, 7) is 1.91. The normalized spacial score (nSPS) is 15.1. The number of aryl methyl sites for hydroxylation is 2. The molecular formula is C22H26N4O2. The van der Waals surface area contributed by atoms with Crippen LogP contribution in [0.15, 0.2) is 42.9 Å². The average Bonchev–Trinajstić information content (AvgIpc) is 3.08. The highest BCUT2D eigenvalue weighted by molar-refractivity contribution is 5.88. The zero-order valence-corrected chi connectivity index (χ0v) is 16.5. The van der Waals surface area contributed by atoms with Crippen LogP contribution >= 0.6 is 0 Å². The lowest BCUT2D eigenvalue weighted by molar-refractivity contribution is 0.0600. The van der Waals surface area contributed by atoms with Crippen LogP contribution in [0.5, 0.6) is 0 Å². The number of carbonyl (C=O) groups is 1. The topological polar surface area (TPSA) is 60.2 Å². The third-order valence-electron chi connectivity index (χ3n) is 5.76. The van der Waals surface area contributed by atoms with Crippen LogP contribution in [0.1, 0.15) is 35.2 Å². The molecule has 1 fully saturated rings. The molecule has 28 heavy (non-hydrogen) atoms. The molecular weight excluding hydrogens is 352 g/mol. The summed E-state index contributed by atoms with van der Waals surface area (Å²) in [5.74, 6) is 1.02. The first-order valence-corrected chi connectivity index (χ1v) is 9.84. The molecule has 6 heteroatoms. The van der Waals surface area contributed by atoms with Gasteiger partial charge in [-0.25, -0.2) is 14.8 Å². The number of carbonyl (C=O) groups excluding carboxylic acids is 1. The molecule has 3 aromatic rings. The minimum Gasteiger partial charge on any atom is -0.465 e. The van der Waals surface area contributed by atoms with E-state index in [-0.39, 0.29) is 0 Å². The lowest BCUT2D eigenvalue weighted by Gasteiger charge is -2.32. The molecule has 0 aliphatic carbocycles. The van der Waals surface area contributed by atoms with E-state index in [1.165, 1.54) is 30.0 Å². The van der Waals surface area contributed by atoms with E-state index in [4.69, 9.17) is 4.74 Å². The maximum atomic E-state index is 11.5. The number of ether oxygens (including phenoxy) is 1. The lowest BCUT2D eigenvalue weighted by Crippen LogP contribution is -2.35. The van der Waals surface area contributed by atoms with Gasteiger partial charge in [-0.3, -0.25) is 0 Å². The Bertz CT molecular complexity index is 956. The maximum Gasteiger partial charge on any atom is 0.341 e. The van der Waals surface area contributed by atoms with Gasteiger partial charge in [0.1, 0.15) is 0 Å². The molecule has 0 unspecified atom stereocenters. The van der Waals surface area contributed by atoms with Gasteiger partial charge in [0.25, 0.3) is 0 Å². The molecule has 6 nitrogen and oxygen atoms in total. The van der Waals surface area contributed by atoms with Gasteiger partial charge in [-0.15, -0.1) is 0 Å². The van der Waals surface area contributed by atoms with Gasteiger partial charge in [-0.1, -0.05) is 18.2 Å². The van der Waals surface area contributed by atoms with E-state index in [2.05, 4.69) is 56.9 Å². The van der Waals surface area contributed by atoms with E-state index in [0.717, 1.165) is 38.3 Å². The summed E-state index contributed by atoms with van der Waals surface area (Å²) in [4.78, 5) is 22.4. The van der Waals surface area contributed by atoms with Gasteiger partial charge in [0.05, 0.1) is 12.7 Å². The summed E-state index contributed by atoms with van der Waals surface area (Å²) in [6.07, 6.45) is 9.98. The first-order chi connectivity index (χ1) is 13.7. The van der Waals surface area contributed by atoms with E-state index in [1.54, 1.807) is 12.4 Å². The van der Waals surface area contributed by atoms with Crippen molar-refractivity contribution in [3.05, 3.63) is 54.0 Å². The second-order valence-electron chi connectivity index (χ2n) is 7.51. The molecule has 0 spiro atoms. The van der Waals surface area contributed by atoms with Crippen LogP contribution in [0.2, 0.25) is 0 Å². The Morgan fingerprint density at radius 2 is 1.89 bits per heavy atom. The predicted octanol–water partition coefficient (Wildman–Crippen LogP) is 3.60. The molecule has 1 aliphatic rings. The van der Waals surface area contributed by atoms with Crippen molar-refractivity contribution in [3.8, 4) is 0 Å². The van der Waals surface area contributed by atoms with Crippen LogP contribution in [-0.2, 0) is 18.2 Å². The van der Waals surface area contributed by atoms with Gasteiger partial charge in [-0.2, -0.15) is 0 Å². The first-order valence-electron chi connectivity index (χ1n) is 9.84. The minimum atomic E-state index is -0.404. The second kappa shape index (κ2) is 8.00. The molecule has 0 N–H and O–H groups in total. The number of anilines is 1. The summed E-state index contributed by atoms with van der Waals surface area (Å²) in [6, 6.07) is 8.63. The smallest absolute Gasteiger partial charge is 0.341 e. The quantitative estimate of drug-likeness (QED) is 0.635. The number of para-hydroxylation sites is 1. The highest BCUT2D eigenvalue weighted by atomic mass is 16.5. The second-order valence-corrected chi connectivity index (χ2v) is 7.51. The van der Waals surface area contributed by atoms with Gasteiger partial charge < -0.3 is 14.2 Å². The standard InChI is InChI=1S/C22H26N4O2/c1-25-15-17(19-5-3-4-6-20(19)25)8-7-16-9-11-26(12-10-16)22-23-13-18(14-24-22)21(27)28-2/h3-6,13-16H,7-12H2,1-2H3. The Labute approximate surface area is 165 Å². The Morgan fingerprint density at radius 1 is 1.18 bits per heavy atom. The number of methoxy groups -OCH3 is 1. The van der Waals surface area contributed by atoms with Crippen LogP contribution in [-0.4, -0.2) is 40.7 Å². The van der Waals surface area contributed by atoms with Gasteiger partial charge >= 0.3 is 5.97 Å². The maximum absolute atomic E-state index is 11.5. The van der Waals surface area contributed by atoms with E-state index in [1.807, 2.05) is 0 Å². The van der Waals surface area contributed by atoms with Crippen molar-refractivity contribution in [2.24, 2.45) is 13.0 Å². The molecule has 4 rings (SSSR count). The highest BCUT2D eigenvalue weighted by Gasteiger charge is 2.21. The zero-order chi connectivity index (χ0) is 19.5. The third-order valence-corrected chi connectivity index (χ3v) is 5.76. The average molecular weight is 378 g/mol. The lowest BCUT2D eigenvalue weighted by atomic mass is 9.90. The Balaban J connectivity index is 1.32. The molecule has 0 radical (unpaired) electrons. The Morgan fingerprint density at radius 3 is 2.61 bits per heavy atom. The van der Waals surface area contributed by atoms with Crippen LogP contribution < -0.4 is 4.90 Å². The number of piperidine rings is 1. The number of benzene rings is 1. The van der Waals surface area contributed by atoms with Crippen LogP contribution in [0, 0.1) is 5.92 Å². The molecule has 1 aromatic carbocycles. The summed E-state index contributed by atoms with van der Waals surface area (Å²) in [5, 5.41) is 1.38. The van der Waals surface area contributed by atoms with E-state index < -0.39 is 5.97 Å². The number of nitrogens with zero attached hydrogens (tertiary/aromatic N) is 4. The summed E-state index contributed by atoms with van der Waals surface area (Å²) >= 11 is 0. The van der Waals surface area contributed by atoms with Crippen LogP contribution in [0.25, 0.3) is 10.9 Å². The minimum absolute atomic E-state index is 0.385. The van der Waals surface area contributed by atoms with Crippen molar-refractivity contribution in [2.75, 3.05) is 25.1 Å². The largest absolute Gasteiger partial charge is 0.465 e. The van der Waals surface area contributed by atoms with E-state index in [0.29, 0.717) is 11.5 Å². The summed E-state index contributed by atoms with van der Waals surface area (Å²) in [5.41, 5.74) is 3.14. The monoisotopic (exact) mass is 378 g/mol. The van der Waals surface area contributed by atoms with Crippen molar-refractivity contribution in [1.82, 2.24) is 14.5 Å². The fourth-order valence-corrected chi connectivity index (χ4v) is 4.11. The third kappa shape index (κ3) is 3.72. The Hall–Kier alpha value is -2.89. The van der Waals surface area contributed by atoms with E-state index >= 15 is 0 Å². The molecule has 0 saturated carbocycles. The zero-order valence-electron chi connectivity index (χ0n) is 16.5. The van der Waals surface area contributed by atoms with Crippen molar-refractivity contribution < 1.29 is 9.53 Å². The number of esters is 1. The molecule has 0 atom stereocenters. The summed E-state index contributed by atoms with van der Waals surface area (Å²) < 4.78 is 6.92. The number of fused-ring (bicyclic) bond motifs is 1. The van der Waals surface area contributed by atoms with Gasteiger partial charge in [0.15, 0.2) is 0 Å². The highest BCUT2D eigenvalue weighted by Crippen LogP contribution is 2.27. The van der Waals surface area contributed by atoms with Gasteiger partial charge in [-0.05, 0) is 43.2 Å². The number of aromatic nitrogens is 3. The van der Waals surface area contributed by atoms with Crippen LogP contribution in [0.3, 0.4) is 0 Å². The van der Waals surface area contributed by atoms with E-state index in [9.17, 15) is 4.79 Å². The summed E-state index contributed by atoms with van der Waals surface area (Å²) in [7, 11) is 3.48.